The van der Waals surface area contributed by atoms with Crippen LogP contribution in [0.1, 0.15) is 37.9 Å². The molecule has 0 fully saturated rings. The van der Waals surface area contributed by atoms with Gasteiger partial charge < -0.3 is 9.47 Å². The van der Waals surface area contributed by atoms with E-state index in [4.69, 9.17) is 9.47 Å². The summed E-state index contributed by atoms with van der Waals surface area (Å²) in [5, 5.41) is 2.06. The minimum Gasteiger partial charge on any atom is -0.493 e. The molecule has 0 aliphatic carbocycles. The van der Waals surface area contributed by atoms with Gasteiger partial charge in [0, 0.05) is 5.56 Å². The summed E-state index contributed by atoms with van der Waals surface area (Å²) in [5.41, 5.74) is 2.38. The molecule has 7 heteroatoms. The molecule has 6 nitrogen and oxygen atoms in total. The molecule has 5 rings (SSSR count). The van der Waals surface area contributed by atoms with E-state index in [1.54, 1.807) is 18.4 Å². The van der Waals surface area contributed by atoms with Crippen molar-refractivity contribution in [2.75, 3.05) is 13.2 Å². The van der Waals surface area contributed by atoms with Gasteiger partial charge in [-0.3, -0.25) is 9.36 Å². The van der Waals surface area contributed by atoms with E-state index in [1.807, 2.05) is 79.7 Å². The first kappa shape index (κ1) is 23.8. The molecule has 182 valence electrons. The zero-order valence-electron chi connectivity index (χ0n) is 20.4. The van der Waals surface area contributed by atoms with Crippen molar-refractivity contribution in [3.63, 3.8) is 0 Å². The van der Waals surface area contributed by atoms with Crippen molar-refractivity contribution in [1.29, 1.82) is 0 Å². The summed E-state index contributed by atoms with van der Waals surface area (Å²) < 4.78 is 13.4. The smallest absolute Gasteiger partial charge is 0.338 e. The second-order valence-corrected chi connectivity index (χ2v) is 9.35. The molecule has 0 saturated carbocycles. The Morgan fingerprint density at radius 3 is 2.53 bits per heavy atom. The lowest BCUT2D eigenvalue weighted by Crippen LogP contribution is -2.39. The van der Waals surface area contributed by atoms with Gasteiger partial charge in [-0.2, -0.15) is 0 Å². The van der Waals surface area contributed by atoms with E-state index in [0.717, 1.165) is 21.9 Å². The second-order valence-electron chi connectivity index (χ2n) is 8.34. The van der Waals surface area contributed by atoms with Gasteiger partial charge in [0.1, 0.15) is 5.75 Å². The Hall–Kier alpha value is -3.97. The fourth-order valence-corrected chi connectivity index (χ4v) is 5.61. The van der Waals surface area contributed by atoms with Crippen molar-refractivity contribution >= 4 is 34.2 Å². The molecule has 0 radical (unpaired) electrons. The van der Waals surface area contributed by atoms with Crippen LogP contribution in [0.25, 0.3) is 16.8 Å². The molecule has 1 aromatic heterocycles. The number of hydrogen-bond donors (Lipinski definition) is 0. The van der Waals surface area contributed by atoms with Gasteiger partial charge in [0.2, 0.25) is 0 Å². The van der Waals surface area contributed by atoms with Crippen molar-refractivity contribution in [2.45, 2.75) is 26.8 Å². The lowest BCUT2D eigenvalue weighted by molar-refractivity contribution is -0.139. The van der Waals surface area contributed by atoms with Crippen LogP contribution >= 0.6 is 11.3 Å². The molecule has 0 amide bonds. The molecule has 0 bridgehead atoms. The average molecular weight is 499 g/mol. The SMILES string of the molecule is CCOC(=O)C1=C(C)N=c2s/c(=C\c3c(OCC)ccc4ccccc34)c(=O)n2[C@@H]1c1ccccc1. The van der Waals surface area contributed by atoms with Crippen molar-refractivity contribution in [3.8, 4) is 5.75 Å². The number of benzene rings is 3. The monoisotopic (exact) mass is 498 g/mol. The number of ether oxygens (including phenoxy) is 2. The maximum atomic E-state index is 13.9. The maximum Gasteiger partial charge on any atom is 0.338 e. The van der Waals surface area contributed by atoms with Crippen molar-refractivity contribution in [1.82, 2.24) is 4.57 Å². The summed E-state index contributed by atoms with van der Waals surface area (Å²) in [5.74, 6) is 0.250. The van der Waals surface area contributed by atoms with Gasteiger partial charge in [0.25, 0.3) is 5.56 Å². The highest BCUT2D eigenvalue weighted by molar-refractivity contribution is 7.07. The lowest BCUT2D eigenvalue weighted by atomic mass is 9.96. The molecule has 1 aliphatic heterocycles. The van der Waals surface area contributed by atoms with Crippen LogP contribution in [-0.2, 0) is 9.53 Å². The van der Waals surface area contributed by atoms with E-state index >= 15 is 0 Å². The number of esters is 1. The van der Waals surface area contributed by atoms with Gasteiger partial charge in [-0.15, -0.1) is 0 Å². The Bertz CT molecular complexity index is 1670. The number of carbonyl (C=O) groups is 1. The first-order valence-corrected chi connectivity index (χ1v) is 12.7. The van der Waals surface area contributed by atoms with E-state index in [2.05, 4.69) is 4.99 Å². The molecule has 1 aliphatic rings. The molecular weight excluding hydrogens is 472 g/mol. The zero-order chi connectivity index (χ0) is 25.2. The number of allylic oxidation sites excluding steroid dienone is 1. The van der Waals surface area contributed by atoms with Crippen LogP contribution in [0.2, 0.25) is 0 Å². The quantitative estimate of drug-likeness (QED) is 0.371. The van der Waals surface area contributed by atoms with Gasteiger partial charge in [0.15, 0.2) is 4.80 Å². The molecule has 0 unspecified atom stereocenters. The number of thiazole rings is 1. The molecule has 0 spiro atoms. The van der Waals surface area contributed by atoms with Crippen LogP contribution in [0.3, 0.4) is 0 Å². The first-order chi connectivity index (χ1) is 17.5. The van der Waals surface area contributed by atoms with Gasteiger partial charge in [0.05, 0.1) is 35.1 Å². The fraction of sp³-hybridized carbons (Fsp3) is 0.207. The predicted octanol–water partition coefficient (Wildman–Crippen LogP) is 4.35. The molecule has 36 heavy (non-hydrogen) atoms. The zero-order valence-corrected chi connectivity index (χ0v) is 21.2. The fourth-order valence-electron chi connectivity index (χ4n) is 4.58. The van der Waals surface area contributed by atoms with Crippen LogP contribution in [-0.4, -0.2) is 23.8 Å². The van der Waals surface area contributed by atoms with E-state index in [0.29, 0.717) is 33.0 Å². The lowest BCUT2D eigenvalue weighted by Gasteiger charge is -2.24. The summed E-state index contributed by atoms with van der Waals surface area (Å²) in [7, 11) is 0. The molecule has 4 aromatic rings. The van der Waals surface area contributed by atoms with Crippen molar-refractivity contribution in [3.05, 3.63) is 109 Å². The van der Waals surface area contributed by atoms with Crippen molar-refractivity contribution < 1.29 is 14.3 Å². The largest absolute Gasteiger partial charge is 0.493 e. The predicted molar refractivity (Wildman–Crippen MR) is 142 cm³/mol. The van der Waals surface area contributed by atoms with Crippen LogP contribution in [0.4, 0.5) is 0 Å². The molecule has 2 heterocycles. The number of rotatable bonds is 6. The van der Waals surface area contributed by atoms with Gasteiger partial charge in [-0.25, -0.2) is 9.79 Å². The average Bonchev–Trinajstić information content (AvgIpc) is 3.19. The highest BCUT2D eigenvalue weighted by Crippen LogP contribution is 2.31. The van der Waals surface area contributed by atoms with Crippen molar-refractivity contribution in [2.24, 2.45) is 4.99 Å². The van der Waals surface area contributed by atoms with E-state index in [-0.39, 0.29) is 12.2 Å². The van der Waals surface area contributed by atoms with Gasteiger partial charge >= 0.3 is 5.97 Å². The molecule has 0 N–H and O–H groups in total. The highest BCUT2D eigenvalue weighted by atomic mass is 32.1. The Labute approximate surface area is 212 Å². The summed E-state index contributed by atoms with van der Waals surface area (Å²) in [6.07, 6.45) is 1.88. The number of aromatic nitrogens is 1. The number of carbonyl (C=O) groups excluding carboxylic acids is 1. The molecular formula is C29H26N2O4S. The van der Waals surface area contributed by atoms with Crippen LogP contribution in [0.15, 0.2) is 87.8 Å². The van der Waals surface area contributed by atoms with E-state index < -0.39 is 12.0 Å². The third-order valence-electron chi connectivity index (χ3n) is 6.14. The summed E-state index contributed by atoms with van der Waals surface area (Å²) in [6, 6.07) is 20.9. The summed E-state index contributed by atoms with van der Waals surface area (Å²) in [6.45, 7) is 6.24. The minimum atomic E-state index is -0.623. The number of nitrogens with zero attached hydrogens (tertiary/aromatic N) is 2. The second kappa shape index (κ2) is 9.95. The standard InChI is InChI=1S/C29H26N2O4S/c1-4-34-23-16-15-19-11-9-10-14-21(19)22(23)17-24-27(32)31-26(20-12-7-6-8-13-20)25(28(33)35-5-2)18(3)30-29(31)36-24/h6-17,26H,4-5H2,1-3H3/b24-17-/t26-/m1/s1. The Kier molecular flexibility index (Phi) is 6.57. The maximum absolute atomic E-state index is 13.9. The van der Waals surface area contributed by atoms with E-state index in [1.165, 1.54) is 11.3 Å². The van der Waals surface area contributed by atoms with E-state index in [9.17, 15) is 9.59 Å². The highest BCUT2D eigenvalue weighted by Gasteiger charge is 2.33. The Morgan fingerprint density at radius 1 is 1.03 bits per heavy atom. The molecule has 3 aromatic carbocycles. The summed E-state index contributed by atoms with van der Waals surface area (Å²) >= 11 is 1.31. The Morgan fingerprint density at radius 2 is 1.78 bits per heavy atom. The minimum absolute atomic E-state index is 0.211. The third kappa shape index (κ3) is 4.16. The van der Waals surface area contributed by atoms with Crippen LogP contribution in [0, 0.1) is 0 Å². The first-order valence-electron chi connectivity index (χ1n) is 11.9. The number of fused-ring (bicyclic) bond motifs is 2. The topological polar surface area (TPSA) is 69.9 Å². The van der Waals surface area contributed by atoms with Gasteiger partial charge in [-0.1, -0.05) is 72.0 Å². The van der Waals surface area contributed by atoms with Crippen LogP contribution in [0.5, 0.6) is 5.75 Å². The normalized spacial score (nSPS) is 15.5. The van der Waals surface area contributed by atoms with Gasteiger partial charge in [-0.05, 0) is 49.2 Å². The van der Waals surface area contributed by atoms with Crippen LogP contribution < -0.4 is 19.6 Å². The number of hydrogen-bond acceptors (Lipinski definition) is 6. The Balaban J connectivity index is 1.77. The molecule has 1 atom stereocenters. The summed E-state index contributed by atoms with van der Waals surface area (Å²) in [4.78, 5) is 32.1. The third-order valence-corrected chi connectivity index (χ3v) is 7.12. The molecule has 0 saturated heterocycles.